The predicted octanol–water partition coefficient (Wildman–Crippen LogP) is 3.19. The first-order valence-electron chi connectivity index (χ1n) is 8.42. The first-order valence-corrected chi connectivity index (χ1v) is 8.42. The second-order valence-corrected chi connectivity index (χ2v) is 8.33. The Kier molecular flexibility index (Phi) is 5.03. The third-order valence-electron chi connectivity index (χ3n) is 4.24. The summed E-state index contributed by atoms with van der Waals surface area (Å²) in [7, 11) is 0. The van der Waals surface area contributed by atoms with Crippen molar-refractivity contribution in [3.63, 3.8) is 0 Å². The number of ether oxygens (including phenoxy) is 1. The van der Waals surface area contributed by atoms with Crippen LogP contribution in [0.5, 0.6) is 0 Å². The van der Waals surface area contributed by atoms with E-state index in [-0.39, 0.29) is 6.09 Å². The fraction of sp³-hybridized carbons (Fsp3) is 0.882. The van der Waals surface area contributed by atoms with E-state index in [2.05, 4.69) is 24.2 Å². The maximum atomic E-state index is 12.2. The van der Waals surface area contributed by atoms with Gasteiger partial charge in [-0.1, -0.05) is 20.3 Å². The van der Waals surface area contributed by atoms with Crippen molar-refractivity contribution in [3.05, 3.63) is 0 Å². The summed E-state index contributed by atoms with van der Waals surface area (Å²) in [5.74, 6) is 0.930. The lowest BCUT2D eigenvalue weighted by atomic mass is 9.75. The molecule has 1 saturated carbocycles. The van der Waals surface area contributed by atoms with Crippen LogP contribution in [0.2, 0.25) is 0 Å². The van der Waals surface area contributed by atoms with Crippen LogP contribution >= 0.6 is 0 Å². The Hall–Kier alpha value is -1.26. The van der Waals surface area contributed by atoms with Crippen LogP contribution in [-0.2, 0) is 4.74 Å². The lowest BCUT2D eigenvalue weighted by Crippen LogP contribution is -2.50. The van der Waals surface area contributed by atoms with Crippen LogP contribution in [0.25, 0.3) is 0 Å². The number of amides is 1. The van der Waals surface area contributed by atoms with Gasteiger partial charge in [0.25, 0.3) is 0 Å². The Morgan fingerprint density at radius 1 is 1.41 bits per heavy atom. The third kappa shape index (κ3) is 5.18. The van der Waals surface area contributed by atoms with Crippen LogP contribution in [0.15, 0.2) is 4.99 Å². The van der Waals surface area contributed by atoms with Gasteiger partial charge in [0.15, 0.2) is 0 Å². The zero-order valence-electron chi connectivity index (χ0n) is 14.7. The Bertz CT molecular complexity index is 438. The molecule has 1 aliphatic carbocycles. The molecule has 1 atom stereocenters. The number of nitrogens with zero attached hydrogens (tertiary/aromatic N) is 2. The Morgan fingerprint density at radius 2 is 2.14 bits per heavy atom. The molecule has 1 N–H and O–H groups in total. The van der Waals surface area contributed by atoms with E-state index < -0.39 is 5.60 Å². The van der Waals surface area contributed by atoms with Crippen LogP contribution in [0.4, 0.5) is 4.79 Å². The average molecular weight is 309 g/mol. The number of hydrogen-bond donors (Lipinski definition) is 1. The number of rotatable bonds is 1. The molecule has 1 heterocycles. The fourth-order valence-corrected chi connectivity index (χ4v) is 3.25. The minimum Gasteiger partial charge on any atom is -0.444 e. The topological polar surface area (TPSA) is 53.9 Å². The van der Waals surface area contributed by atoms with E-state index in [1.54, 1.807) is 4.90 Å². The molecule has 0 radical (unpaired) electrons. The van der Waals surface area contributed by atoms with Crippen molar-refractivity contribution in [1.82, 2.24) is 10.2 Å². The zero-order valence-corrected chi connectivity index (χ0v) is 14.7. The predicted molar refractivity (Wildman–Crippen MR) is 89.3 cm³/mol. The maximum Gasteiger partial charge on any atom is 0.410 e. The lowest BCUT2D eigenvalue weighted by molar-refractivity contribution is 0.0275. The SMILES string of the molecule is CC1(C)CCCC(NC2=NCCN(C(=O)OC(C)(C)C)C2)C1. The molecule has 5 heteroatoms. The molecule has 2 aliphatic rings. The number of nitrogens with one attached hydrogen (secondary N) is 1. The van der Waals surface area contributed by atoms with E-state index >= 15 is 0 Å². The fourth-order valence-electron chi connectivity index (χ4n) is 3.25. The van der Waals surface area contributed by atoms with Gasteiger partial charge in [0, 0.05) is 12.6 Å². The summed E-state index contributed by atoms with van der Waals surface area (Å²) >= 11 is 0. The second-order valence-electron chi connectivity index (χ2n) is 8.33. The van der Waals surface area contributed by atoms with Gasteiger partial charge < -0.3 is 10.1 Å². The van der Waals surface area contributed by atoms with E-state index in [0.29, 0.717) is 31.1 Å². The van der Waals surface area contributed by atoms with E-state index in [4.69, 9.17) is 4.74 Å². The second kappa shape index (κ2) is 6.47. The van der Waals surface area contributed by atoms with Gasteiger partial charge in [-0.3, -0.25) is 9.89 Å². The van der Waals surface area contributed by atoms with E-state index in [1.165, 1.54) is 25.7 Å². The number of carbonyl (C=O) groups is 1. The normalized spacial score (nSPS) is 25.4. The number of aliphatic imine (C=N–C) groups is 1. The van der Waals surface area contributed by atoms with Gasteiger partial charge in [0.05, 0.1) is 13.1 Å². The van der Waals surface area contributed by atoms with Crippen LogP contribution in [0, 0.1) is 5.41 Å². The van der Waals surface area contributed by atoms with Gasteiger partial charge in [-0.05, 0) is 45.4 Å². The van der Waals surface area contributed by atoms with Crippen molar-refractivity contribution in [3.8, 4) is 0 Å². The molecule has 1 aliphatic heterocycles. The molecule has 0 spiro atoms. The molecule has 0 aromatic carbocycles. The summed E-state index contributed by atoms with van der Waals surface area (Å²) in [5.41, 5.74) is -0.0529. The van der Waals surface area contributed by atoms with Crippen LogP contribution < -0.4 is 5.32 Å². The molecular weight excluding hydrogens is 278 g/mol. The quantitative estimate of drug-likeness (QED) is 0.809. The lowest BCUT2D eigenvalue weighted by Gasteiger charge is -2.37. The first kappa shape index (κ1) is 17.1. The highest BCUT2D eigenvalue weighted by Gasteiger charge is 2.30. The summed E-state index contributed by atoms with van der Waals surface area (Å²) in [4.78, 5) is 18.5. The zero-order chi connectivity index (χ0) is 16.4. The van der Waals surface area contributed by atoms with E-state index in [9.17, 15) is 4.79 Å². The molecule has 2 rings (SSSR count). The standard InChI is InChI=1S/C17H31N3O2/c1-16(2,3)22-15(21)20-10-9-18-14(12-20)19-13-7-6-8-17(4,5)11-13/h13H,6-12H2,1-5H3,(H,18,19). The van der Waals surface area contributed by atoms with Crippen molar-refractivity contribution < 1.29 is 9.53 Å². The first-order chi connectivity index (χ1) is 10.1. The van der Waals surface area contributed by atoms with Crippen molar-refractivity contribution in [2.75, 3.05) is 19.6 Å². The van der Waals surface area contributed by atoms with Crippen molar-refractivity contribution in [1.29, 1.82) is 0 Å². The van der Waals surface area contributed by atoms with Gasteiger partial charge >= 0.3 is 6.09 Å². The molecule has 1 amide bonds. The molecule has 126 valence electrons. The van der Waals surface area contributed by atoms with Crippen molar-refractivity contribution in [2.24, 2.45) is 10.4 Å². The summed E-state index contributed by atoms with van der Waals surface area (Å²) in [5, 5.41) is 3.56. The molecule has 22 heavy (non-hydrogen) atoms. The molecule has 1 fully saturated rings. The summed E-state index contributed by atoms with van der Waals surface area (Å²) < 4.78 is 5.45. The van der Waals surface area contributed by atoms with Crippen molar-refractivity contribution in [2.45, 2.75) is 71.9 Å². The minimum atomic E-state index is -0.452. The Morgan fingerprint density at radius 3 is 2.77 bits per heavy atom. The number of amidine groups is 1. The van der Waals surface area contributed by atoms with E-state index in [0.717, 1.165) is 5.84 Å². The Balaban J connectivity index is 1.88. The number of hydrogen-bond acceptors (Lipinski definition) is 4. The molecule has 5 nitrogen and oxygen atoms in total. The van der Waals surface area contributed by atoms with Crippen LogP contribution in [-0.4, -0.2) is 48.1 Å². The maximum absolute atomic E-state index is 12.2. The van der Waals surface area contributed by atoms with Gasteiger partial charge in [-0.25, -0.2) is 4.79 Å². The average Bonchev–Trinajstić information content (AvgIpc) is 2.35. The number of carbonyl (C=O) groups excluding carboxylic acids is 1. The molecule has 1 unspecified atom stereocenters. The minimum absolute atomic E-state index is 0.245. The summed E-state index contributed by atoms with van der Waals surface area (Å²) in [6.45, 7) is 12.2. The van der Waals surface area contributed by atoms with Crippen LogP contribution in [0.3, 0.4) is 0 Å². The van der Waals surface area contributed by atoms with Gasteiger partial charge in [-0.2, -0.15) is 0 Å². The molecule has 0 aromatic rings. The summed E-state index contributed by atoms with van der Waals surface area (Å²) in [6.07, 6.45) is 4.66. The molecule has 0 saturated heterocycles. The third-order valence-corrected chi connectivity index (χ3v) is 4.24. The smallest absolute Gasteiger partial charge is 0.410 e. The molecule has 0 bridgehead atoms. The monoisotopic (exact) mass is 309 g/mol. The molecule has 0 aromatic heterocycles. The van der Waals surface area contributed by atoms with Crippen molar-refractivity contribution >= 4 is 11.9 Å². The Labute approximate surface area is 134 Å². The summed E-state index contributed by atoms with van der Waals surface area (Å²) in [6, 6.07) is 0.473. The van der Waals surface area contributed by atoms with Gasteiger partial charge in [0.1, 0.15) is 11.4 Å². The highest BCUT2D eigenvalue weighted by molar-refractivity contribution is 5.88. The van der Waals surface area contributed by atoms with Gasteiger partial charge in [0.2, 0.25) is 0 Å². The highest BCUT2D eigenvalue weighted by Crippen LogP contribution is 2.35. The molecular formula is C17H31N3O2. The van der Waals surface area contributed by atoms with E-state index in [1.807, 2.05) is 20.8 Å². The highest BCUT2D eigenvalue weighted by atomic mass is 16.6. The largest absolute Gasteiger partial charge is 0.444 e. The van der Waals surface area contributed by atoms with Crippen LogP contribution in [0.1, 0.15) is 60.3 Å². The van der Waals surface area contributed by atoms with Gasteiger partial charge in [-0.15, -0.1) is 0 Å².